The van der Waals surface area contributed by atoms with Crippen molar-refractivity contribution in [3.63, 3.8) is 0 Å². The first kappa shape index (κ1) is 14.0. The van der Waals surface area contributed by atoms with E-state index in [-0.39, 0.29) is 11.8 Å². The Labute approximate surface area is 108 Å². The fraction of sp³-hybridized carbons (Fsp3) is 0.538. The monoisotopic (exact) mass is 254 g/mol. The molecule has 94 valence electrons. The first-order valence-corrected chi connectivity index (χ1v) is 6.48. The molecule has 0 bridgehead atoms. The van der Waals surface area contributed by atoms with Crippen molar-refractivity contribution in [2.75, 3.05) is 5.32 Å². The highest BCUT2D eigenvalue weighted by molar-refractivity contribution is 6.32. The van der Waals surface area contributed by atoms with Gasteiger partial charge in [-0.05, 0) is 25.0 Å². The zero-order valence-electron chi connectivity index (χ0n) is 10.4. The predicted octanol–water partition coefficient (Wildman–Crippen LogP) is 3.89. The summed E-state index contributed by atoms with van der Waals surface area (Å²) < 4.78 is 0. The van der Waals surface area contributed by atoms with Crippen molar-refractivity contribution in [1.82, 2.24) is 4.98 Å². The number of aromatic nitrogens is 1. The van der Waals surface area contributed by atoms with Crippen LogP contribution in [-0.4, -0.2) is 10.9 Å². The van der Waals surface area contributed by atoms with Crippen molar-refractivity contribution < 1.29 is 4.79 Å². The number of carbonyl (C=O) groups excluding carboxylic acids is 1. The number of rotatable bonds is 6. The van der Waals surface area contributed by atoms with Crippen LogP contribution in [0.5, 0.6) is 0 Å². The van der Waals surface area contributed by atoms with Crippen LogP contribution in [0.15, 0.2) is 18.3 Å². The maximum atomic E-state index is 12.0. The third kappa shape index (κ3) is 4.35. The molecule has 1 atom stereocenters. The number of pyridine rings is 1. The molecule has 0 aliphatic heterocycles. The van der Waals surface area contributed by atoms with Gasteiger partial charge in [-0.15, -0.1) is 0 Å². The molecule has 4 heteroatoms. The van der Waals surface area contributed by atoms with Gasteiger partial charge in [-0.1, -0.05) is 38.3 Å². The fourth-order valence-electron chi connectivity index (χ4n) is 1.69. The van der Waals surface area contributed by atoms with Gasteiger partial charge < -0.3 is 5.32 Å². The molecule has 0 aliphatic carbocycles. The second-order valence-corrected chi connectivity index (χ2v) is 4.44. The Morgan fingerprint density at radius 1 is 1.53 bits per heavy atom. The number of halogens is 1. The number of amides is 1. The molecule has 0 aliphatic rings. The van der Waals surface area contributed by atoms with Gasteiger partial charge in [0.15, 0.2) is 5.15 Å². The Bertz CT molecular complexity index is 368. The number of carbonyl (C=O) groups is 1. The molecule has 1 aromatic rings. The van der Waals surface area contributed by atoms with Crippen molar-refractivity contribution >= 4 is 23.2 Å². The summed E-state index contributed by atoms with van der Waals surface area (Å²) in [5, 5.41) is 3.18. The van der Waals surface area contributed by atoms with Crippen molar-refractivity contribution in [1.29, 1.82) is 0 Å². The van der Waals surface area contributed by atoms with Gasteiger partial charge in [-0.25, -0.2) is 4.98 Å². The maximum Gasteiger partial charge on any atom is 0.227 e. The average Bonchev–Trinajstić information content (AvgIpc) is 2.33. The Morgan fingerprint density at radius 3 is 2.88 bits per heavy atom. The Balaban J connectivity index is 2.61. The lowest BCUT2D eigenvalue weighted by Gasteiger charge is -2.14. The fourth-order valence-corrected chi connectivity index (χ4v) is 1.85. The zero-order chi connectivity index (χ0) is 12.7. The molecule has 17 heavy (non-hydrogen) atoms. The number of nitrogens with one attached hydrogen (secondary N) is 1. The van der Waals surface area contributed by atoms with Gasteiger partial charge in [0.25, 0.3) is 0 Å². The average molecular weight is 255 g/mol. The Morgan fingerprint density at radius 2 is 2.29 bits per heavy atom. The number of nitrogens with zero attached hydrogens (tertiary/aromatic N) is 1. The van der Waals surface area contributed by atoms with Crippen LogP contribution in [0, 0.1) is 5.92 Å². The third-order valence-corrected chi connectivity index (χ3v) is 3.09. The maximum absolute atomic E-state index is 12.0. The molecule has 1 heterocycles. The van der Waals surface area contributed by atoms with Crippen LogP contribution in [0.25, 0.3) is 0 Å². The van der Waals surface area contributed by atoms with E-state index >= 15 is 0 Å². The molecule has 0 saturated carbocycles. The lowest BCUT2D eigenvalue weighted by Crippen LogP contribution is -2.22. The van der Waals surface area contributed by atoms with Crippen molar-refractivity contribution in [3.05, 3.63) is 23.5 Å². The first-order valence-electron chi connectivity index (χ1n) is 6.10. The molecule has 3 nitrogen and oxygen atoms in total. The van der Waals surface area contributed by atoms with E-state index < -0.39 is 0 Å². The van der Waals surface area contributed by atoms with Gasteiger partial charge in [0.1, 0.15) is 0 Å². The molecular weight excluding hydrogens is 236 g/mol. The van der Waals surface area contributed by atoms with Crippen LogP contribution < -0.4 is 5.32 Å². The van der Waals surface area contributed by atoms with E-state index in [9.17, 15) is 4.79 Å². The lowest BCUT2D eigenvalue weighted by atomic mass is 9.98. The number of hydrogen-bond donors (Lipinski definition) is 1. The Hall–Kier alpha value is -1.09. The first-order chi connectivity index (χ1) is 8.19. The highest BCUT2D eigenvalue weighted by Gasteiger charge is 2.16. The minimum absolute atomic E-state index is 0.0378. The molecule has 0 fully saturated rings. The van der Waals surface area contributed by atoms with E-state index in [0.29, 0.717) is 10.8 Å². The molecule has 1 unspecified atom stereocenters. The largest absolute Gasteiger partial charge is 0.323 e. The molecular formula is C13H19ClN2O. The SMILES string of the molecule is CCCCC(CC)C(=O)Nc1cccnc1Cl. The van der Waals surface area contributed by atoms with Crippen LogP contribution in [-0.2, 0) is 4.79 Å². The van der Waals surface area contributed by atoms with Crippen molar-refractivity contribution in [2.45, 2.75) is 39.5 Å². The number of anilines is 1. The molecule has 0 spiro atoms. The summed E-state index contributed by atoms with van der Waals surface area (Å²) in [4.78, 5) is 15.9. The summed E-state index contributed by atoms with van der Waals surface area (Å²) in [6, 6.07) is 3.52. The summed E-state index contributed by atoms with van der Waals surface area (Å²) in [7, 11) is 0. The molecule has 0 radical (unpaired) electrons. The lowest BCUT2D eigenvalue weighted by molar-refractivity contribution is -0.120. The summed E-state index contributed by atoms with van der Waals surface area (Å²) in [5.41, 5.74) is 0.592. The summed E-state index contributed by atoms with van der Waals surface area (Å²) in [6.45, 7) is 4.16. The van der Waals surface area contributed by atoms with E-state index in [4.69, 9.17) is 11.6 Å². The summed E-state index contributed by atoms with van der Waals surface area (Å²) in [6.07, 6.45) is 5.57. The van der Waals surface area contributed by atoms with Crippen LogP contribution in [0.4, 0.5) is 5.69 Å². The highest BCUT2D eigenvalue weighted by atomic mass is 35.5. The van der Waals surface area contributed by atoms with Gasteiger partial charge in [0.2, 0.25) is 5.91 Å². The van der Waals surface area contributed by atoms with E-state index in [1.807, 2.05) is 6.92 Å². The third-order valence-electron chi connectivity index (χ3n) is 2.79. The smallest absolute Gasteiger partial charge is 0.227 e. The minimum atomic E-state index is 0.0378. The van der Waals surface area contributed by atoms with E-state index in [2.05, 4.69) is 17.2 Å². The van der Waals surface area contributed by atoms with E-state index in [0.717, 1.165) is 25.7 Å². The Kier molecular flexibility index (Phi) is 5.98. The van der Waals surface area contributed by atoms with Crippen LogP contribution in [0.3, 0.4) is 0 Å². The molecule has 1 aromatic heterocycles. The van der Waals surface area contributed by atoms with Crippen LogP contribution >= 0.6 is 11.6 Å². The van der Waals surface area contributed by atoms with Crippen LogP contribution in [0.2, 0.25) is 5.15 Å². The second-order valence-electron chi connectivity index (χ2n) is 4.08. The zero-order valence-corrected chi connectivity index (χ0v) is 11.1. The highest BCUT2D eigenvalue weighted by Crippen LogP contribution is 2.20. The van der Waals surface area contributed by atoms with Gasteiger partial charge in [-0.2, -0.15) is 0 Å². The molecule has 1 amide bonds. The molecule has 0 aromatic carbocycles. The normalized spacial score (nSPS) is 12.2. The van der Waals surface area contributed by atoms with Gasteiger partial charge in [0, 0.05) is 12.1 Å². The predicted molar refractivity (Wildman–Crippen MR) is 71.2 cm³/mol. The molecule has 1 rings (SSSR count). The molecule has 1 N–H and O–H groups in total. The van der Waals surface area contributed by atoms with Gasteiger partial charge in [-0.3, -0.25) is 4.79 Å². The van der Waals surface area contributed by atoms with E-state index in [1.54, 1.807) is 18.3 Å². The summed E-state index contributed by atoms with van der Waals surface area (Å²) in [5.74, 6) is 0.0991. The standard InChI is InChI=1S/C13H19ClN2O/c1-3-5-7-10(4-2)13(17)16-11-8-6-9-15-12(11)14/h6,8-10H,3-5,7H2,1-2H3,(H,16,17). The van der Waals surface area contributed by atoms with Crippen LogP contribution in [0.1, 0.15) is 39.5 Å². The number of hydrogen-bond acceptors (Lipinski definition) is 2. The second kappa shape index (κ2) is 7.28. The van der Waals surface area contributed by atoms with Gasteiger partial charge >= 0.3 is 0 Å². The number of unbranched alkanes of at least 4 members (excludes halogenated alkanes) is 1. The van der Waals surface area contributed by atoms with Crippen molar-refractivity contribution in [2.24, 2.45) is 5.92 Å². The minimum Gasteiger partial charge on any atom is -0.323 e. The van der Waals surface area contributed by atoms with E-state index in [1.165, 1.54) is 0 Å². The van der Waals surface area contributed by atoms with Gasteiger partial charge in [0.05, 0.1) is 5.69 Å². The van der Waals surface area contributed by atoms with Crippen molar-refractivity contribution in [3.8, 4) is 0 Å². The quantitative estimate of drug-likeness (QED) is 0.783. The molecule has 0 saturated heterocycles. The topological polar surface area (TPSA) is 42.0 Å². The summed E-state index contributed by atoms with van der Waals surface area (Å²) >= 11 is 5.89.